The molecule has 10 heteroatoms. The van der Waals surface area contributed by atoms with Gasteiger partial charge in [0.1, 0.15) is 11.4 Å². The van der Waals surface area contributed by atoms with E-state index in [1.807, 2.05) is 24.3 Å². The van der Waals surface area contributed by atoms with Gasteiger partial charge < -0.3 is 10.3 Å². The third-order valence-electron chi connectivity index (χ3n) is 7.31. The second-order valence-corrected chi connectivity index (χ2v) is 10.7. The van der Waals surface area contributed by atoms with Crippen molar-refractivity contribution in [3.63, 3.8) is 0 Å². The summed E-state index contributed by atoms with van der Waals surface area (Å²) in [4.78, 5) is 25.3. The molecule has 2 N–H and O–H groups in total. The number of alkyl halides is 3. The molecule has 2 aromatic heterocycles. The Bertz CT molecular complexity index is 1940. The number of hydrogen-bond acceptors (Lipinski definition) is 4. The maximum Gasteiger partial charge on any atom is 0.416 e. The van der Waals surface area contributed by atoms with Crippen LogP contribution in [0.15, 0.2) is 115 Å². The van der Waals surface area contributed by atoms with Gasteiger partial charge in [-0.1, -0.05) is 72.3 Å². The molecule has 4 aromatic carbocycles. The third-order valence-corrected chi connectivity index (χ3v) is 7.53. The van der Waals surface area contributed by atoms with Crippen LogP contribution in [0.3, 0.4) is 0 Å². The molecule has 0 radical (unpaired) electrons. The Labute approximate surface area is 254 Å². The van der Waals surface area contributed by atoms with E-state index >= 15 is 0 Å². The molecule has 0 amide bonds. The minimum Gasteiger partial charge on any atom is -0.340 e. The Morgan fingerprint density at radius 1 is 0.818 bits per heavy atom. The molecule has 0 saturated heterocycles. The number of fused-ring (bicyclic) bond motifs is 1. The van der Waals surface area contributed by atoms with E-state index in [4.69, 9.17) is 11.6 Å². The molecular weight excluding hydrogens is 592 g/mol. The second-order valence-electron chi connectivity index (χ2n) is 10.3. The fraction of sp³-hybridized carbons (Fsp3) is 0.0882. The van der Waals surface area contributed by atoms with Gasteiger partial charge in [-0.2, -0.15) is 13.2 Å². The van der Waals surface area contributed by atoms with E-state index in [1.54, 1.807) is 66.7 Å². The van der Waals surface area contributed by atoms with E-state index in [2.05, 4.69) is 20.3 Å². The second kappa shape index (κ2) is 11.6. The third kappa shape index (κ3) is 5.91. The summed E-state index contributed by atoms with van der Waals surface area (Å²) in [6.07, 6.45) is -3.36. The first-order valence-corrected chi connectivity index (χ1v) is 13.9. The molecule has 0 fully saturated rings. The van der Waals surface area contributed by atoms with Gasteiger partial charge >= 0.3 is 6.18 Å². The number of aromatic nitrogens is 3. The first-order valence-electron chi connectivity index (χ1n) is 13.5. The van der Waals surface area contributed by atoms with Crippen LogP contribution in [0.2, 0.25) is 5.02 Å². The van der Waals surface area contributed by atoms with Gasteiger partial charge in [-0.15, -0.1) is 0 Å². The van der Waals surface area contributed by atoms with Crippen LogP contribution in [0.25, 0.3) is 11.0 Å². The van der Waals surface area contributed by atoms with Crippen LogP contribution in [0.4, 0.5) is 23.5 Å². The van der Waals surface area contributed by atoms with E-state index in [1.165, 1.54) is 6.20 Å². The lowest BCUT2D eigenvalue weighted by Crippen LogP contribution is -2.40. The molecule has 0 aliphatic heterocycles. The number of halogens is 5. The molecule has 6 rings (SSSR count). The fourth-order valence-corrected chi connectivity index (χ4v) is 5.33. The van der Waals surface area contributed by atoms with Crippen molar-refractivity contribution in [3.05, 3.63) is 160 Å². The Hall–Kier alpha value is -5.02. The zero-order valence-corrected chi connectivity index (χ0v) is 23.6. The van der Waals surface area contributed by atoms with Crippen LogP contribution in [0, 0.1) is 5.82 Å². The van der Waals surface area contributed by atoms with Crippen LogP contribution >= 0.6 is 11.6 Å². The highest BCUT2D eigenvalue weighted by molar-refractivity contribution is 6.30. The maximum absolute atomic E-state index is 14.9. The number of nitrogens with one attached hydrogen (secondary N) is 2. The highest BCUT2D eigenvalue weighted by Crippen LogP contribution is 2.40. The van der Waals surface area contributed by atoms with E-state index < -0.39 is 23.1 Å². The zero-order chi connectivity index (χ0) is 30.9. The Morgan fingerprint density at radius 2 is 1.52 bits per heavy atom. The molecule has 44 heavy (non-hydrogen) atoms. The Balaban J connectivity index is 1.52. The number of hydrogen-bond donors (Lipinski definition) is 2. The van der Waals surface area contributed by atoms with Crippen LogP contribution < -0.4 is 5.32 Å². The number of ketones is 1. The summed E-state index contributed by atoms with van der Waals surface area (Å²) in [7, 11) is 0. The lowest BCUT2D eigenvalue weighted by molar-refractivity contribution is -0.137. The molecule has 0 saturated carbocycles. The van der Waals surface area contributed by atoms with Crippen molar-refractivity contribution in [2.24, 2.45) is 0 Å². The van der Waals surface area contributed by atoms with Gasteiger partial charge in [0.2, 0.25) is 5.95 Å². The van der Waals surface area contributed by atoms with Crippen molar-refractivity contribution in [3.8, 4) is 0 Å². The summed E-state index contributed by atoms with van der Waals surface area (Å²) in [6.45, 7) is 0. The molecule has 2 heterocycles. The number of carbonyl (C=O) groups is 1. The number of H-pyrrole nitrogens is 1. The Kier molecular flexibility index (Phi) is 7.65. The lowest BCUT2D eigenvalue weighted by atomic mass is 9.80. The van der Waals surface area contributed by atoms with Gasteiger partial charge in [0.05, 0.1) is 27.3 Å². The first kappa shape index (κ1) is 29.1. The standard InChI is InChI=1S/C34H23ClF4N4O/c35-26-12-14-30(40-20-26)33(19-21-7-3-1-4-8-21,24-16-25(34(37,38)39)18-27(36)17-24)43-32-41-28-13-11-23(15-29(28)42-32)31(44)22-9-5-2-6-10-22/h1-18,20H,19H2,(H2,41,42,43)/t33-/m1/s1. The molecule has 0 aliphatic carbocycles. The monoisotopic (exact) mass is 614 g/mol. The van der Waals surface area contributed by atoms with Gasteiger partial charge in [0.15, 0.2) is 5.78 Å². The summed E-state index contributed by atoms with van der Waals surface area (Å²) in [5, 5.41) is 3.59. The van der Waals surface area contributed by atoms with Gasteiger partial charge in [0.25, 0.3) is 0 Å². The van der Waals surface area contributed by atoms with Crippen molar-refractivity contribution in [1.82, 2.24) is 15.0 Å². The minimum atomic E-state index is -4.80. The number of imidazole rings is 1. The van der Waals surface area contributed by atoms with Crippen LogP contribution in [0.1, 0.15) is 38.3 Å². The summed E-state index contributed by atoms with van der Waals surface area (Å²) >= 11 is 6.14. The molecule has 0 bridgehead atoms. The number of benzene rings is 4. The molecule has 0 spiro atoms. The normalized spacial score (nSPS) is 13.0. The average molecular weight is 615 g/mol. The van der Waals surface area contributed by atoms with Crippen LogP contribution in [-0.2, 0) is 18.1 Å². The van der Waals surface area contributed by atoms with Gasteiger partial charge in [-0.25, -0.2) is 9.37 Å². The van der Waals surface area contributed by atoms with Gasteiger partial charge in [-0.3, -0.25) is 9.78 Å². The van der Waals surface area contributed by atoms with Crippen molar-refractivity contribution in [2.75, 3.05) is 5.32 Å². The van der Waals surface area contributed by atoms with Crippen molar-refractivity contribution in [2.45, 2.75) is 18.1 Å². The lowest BCUT2D eigenvalue weighted by Gasteiger charge is -2.35. The summed E-state index contributed by atoms with van der Waals surface area (Å²) in [6, 6.07) is 28.4. The first-order chi connectivity index (χ1) is 21.1. The topological polar surface area (TPSA) is 70.7 Å². The highest BCUT2D eigenvalue weighted by Gasteiger charge is 2.40. The quantitative estimate of drug-likeness (QED) is 0.133. The molecule has 220 valence electrons. The number of nitrogens with zero attached hydrogens (tertiary/aromatic N) is 2. The molecule has 0 unspecified atom stereocenters. The van der Waals surface area contributed by atoms with E-state index in [0.29, 0.717) is 33.2 Å². The predicted octanol–water partition coefficient (Wildman–Crippen LogP) is 8.60. The number of aromatic amines is 1. The van der Waals surface area contributed by atoms with E-state index in [0.717, 1.165) is 17.7 Å². The van der Waals surface area contributed by atoms with Crippen molar-refractivity contribution < 1.29 is 22.4 Å². The smallest absolute Gasteiger partial charge is 0.340 e. The van der Waals surface area contributed by atoms with Crippen LogP contribution in [0.5, 0.6) is 0 Å². The van der Waals surface area contributed by atoms with Crippen LogP contribution in [-0.4, -0.2) is 20.7 Å². The van der Waals surface area contributed by atoms with Gasteiger partial charge in [-0.05, 0) is 59.7 Å². The Morgan fingerprint density at radius 3 is 2.20 bits per heavy atom. The SMILES string of the molecule is O=C(c1ccccc1)c1ccc2nc(N[C@](Cc3ccccc3)(c3cc(F)cc(C(F)(F)F)c3)c3ccc(Cl)cn3)[nH]c2c1. The number of carbonyl (C=O) groups excluding carboxylic acids is 1. The number of anilines is 1. The minimum absolute atomic E-state index is 0.0242. The molecule has 1 atom stereocenters. The highest BCUT2D eigenvalue weighted by atomic mass is 35.5. The van der Waals surface area contributed by atoms with Gasteiger partial charge in [0, 0.05) is 23.7 Å². The molecule has 0 aliphatic rings. The summed E-state index contributed by atoms with van der Waals surface area (Å²) < 4.78 is 56.8. The predicted molar refractivity (Wildman–Crippen MR) is 161 cm³/mol. The zero-order valence-electron chi connectivity index (χ0n) is 22.9. The van der Waals surface area contributed by atoms with E-state index in [9.17, 15) is 22.4 Å². The maximum atomic E-state index is 14.9. The van der Waals surface area contributed by atoms with Crippen molar-refractivity contribution >= 4 is 34.4 Å². The molecule has 5 nitrogen and oxygen atoms in total. The fourth-order valence-electron chi connectivity index (χ4n) is 5.22. The summed E-state index contributed by atoms with van der Waals surface area (Å²) in [5.74, 6) is -1.06. The summed E-state index contributed by atoms with van der Waals surface area (Å²) in [5.41, 5.74) is 0.266. The average Bonchev–Trinajstić information content (AvgIpc) is 3.42. The van der Waals surface area contributed by atoms with E-state index in [-0.39, 0.29) is 29.4 Å². The number of rotatable bonds is 8. The number of pyridine rings is 1. The molecular formula is C34H23ClF4N4O. The van der Waals surface area contributed by atoms with Crippen molar-refractivity contribution in [1.29, 1.82) is 0 Å². The largest absolute Gasteiger partial charge is 0.416 e. The molecule has 6 aromatic rings.